The second-order valence-corrected chi connectivity index (χ2v) is 11.7. The lowest BCUT2D eigenvalue weighted by molar-refractivity contribution is 0.413. The van der Waals surface area contributed by atoms with E-state index >= 15 is 0 Å². The number of hydrogen-bond acceptors (Lipinski definition) is 5. The van der Waals surface area contributed by atoms with Gasteiger partial charge in [-0.25, -0.2) is 18.2 Å². The first kappa shape index (κ1) is 28.0. The molecule has 0 bridgehead atoms. The number of nitrogens with one attached hydrogen (secondary N) is 1. The van der Waals surface area contributed by atoms with Crippen LogP contribution in [0.3, 0.4) is 0 Å². The molecule has 0 saturated carbocycles. The van der Waals surface area contributed by atoms with Crippen LogP contribution in [0.4, 0.5) is 13.2 Å². The number of imidazole rings is 1. The zero-order valence-corrected chi connectivity index (χ0v) is 22.7. The maximum absolute atomic E-state index is 14.5. The first-order valence-electron chi connectivity index (χ1n) is 11.1. The summed E-state index contributed by atoms with van der Waals surface area (Å²) in [7, 11) is -3.26. The predicted molar refractivity (Wildman–Crippen MR) is 140 cm³/mol. The molecule has 0 spiro atoms. The Kier molecular flexibility index (Phi) is 7.85. The van der Waals surface area contributed by atoms with E-state index in [1.165, 1.54) is 19.2 Å². The second-order valence-electron chi connectivity index (χ2n) is 8.88. The molecule has 12 heteroatoms. The minimum Gasteiger partial charge on any atom is -0.495 e. The van der Waals surface area contributed by atoms with Crippen LogP contribution in [0, 0.1) is 17.5 Å². The number of nitrogens with zero attached hydrogens (tertiary/aromatic N) is 1. The number of halogens is 4. The minimum absolute atomic E-state index is 0.228. The standard InChI is InChI=1S/C26H22ClF3N2O4S2/c1-26(2,15-6-9-19(27)22(10-15)36-3)24-23(14-4-7-16(28)8-5-14)31-25(32-24)37-13-18-20(29)11-17(12-21(18)30)38(33,34)35/h4-12H,13H2,1-3H3,(H,31,32)(H,33,34,35). The molecule has 0 radical (unpaired) electrons. The van der Waals surface area contributed by atoms with Gasteiger partial charge in [0.25, 0.3) is 10.1 Å². The highest BCUT2D eigenvalue weighted by molar-refractivity contribution is 7.98. The lowest BCUT2D eigenvalue weighted by atomic mass is 9.79. The monoisotopic (exact) mass is 582 g/mol. The fraction of sp³-hybridized carbons (Fsp3) is 0.192. The number of hydrogen-bond donors (Lipinski definition) is 2. The second kappa shape index (κ2) is 10.6. The fourth-order valence-corrected chi connectivity index (χ4v) is 5.48. The Bertz CT molecular complexity index is 1580. The average molecular weight is 583 g/mol. The third-order valence-corrected chi connectivity index (χ3v) is 8.11. The Morgan fingerprint density at radius 1 is 1.05 bits per heavy atom. The molecule has 0 atom stereocenters. The molecular weight excluding hydrogens is 561 g/mol. The molecule has 1 aromatic heterocycles. The maximum atomic E-state index is 14.5. The predicted octanol–water partition coefficient (Wildman–Crippen LogP) is 7.02. The molecule has 0 aliphatic rings. The van der Waals surface area contributed by atoms with Gasteiger partial charge >= 0.3 is 0 Å². The van der Waals surface area contributed by atoms with E-state index in [4.69, 9.17) is 20.9 Å². The molecule has 1 heterocycles. The van der Waals surface area contributed by atoms with Crippen LogP contribution in [0.2, 0.25) is 5.02 Å². The van der Waals surface area contributed by atoms with Crippen LogP contribution >= 0.6 is 23.4 Å². The number of aromatic nitrogens is 2. The molecule has 4 rings (SSSR count). The molecule has 6 nitrogen and oxygen atoms in total. The van der Waals surface area contributed by atoms with E-state index in [-0.39, 0.29) is 11.3 Å². The highest BCUT2D eigenvalue weighted by Crippen LogP contribution is 2.41. The van der Waals surface area contributed by atoms with Crippen LogP contribution in [-0.4, -0.2) is 30.0 Å². The van der Waals surface area contributed by atoms with Gasteiger partial charge < -0.3 is 9.72 Å². The summed E-state index contributed by atoms with van der Waals surface area (Å²) < 4.78 is 79.7. The van der Waals surface area contributed by atoms with Gasteiger partial charge in [0.15, 0.2) is 5.16 Å². The normalized spacial score (nSPS) is 12.1. The average Bonchev–Trinajstić information content (AvgIpc) is 3.28. The third-order valence-electron chi connectivity index (χ3n) is 6.06. The van der Waals surface area contributed by atoms with Crippen molar-refractivity contribution in [1.82, 2.24) is 9.97 Å². The molecule has 0 amide bonds. The molecule has 2 N–H and O–H groups in total. The van der Waals surface area contributed by atoms with Gasteiger partial charge in [-0.1, -0.05) is 43.3 Å². The van der Waals surface area contributed by atoms with E-state index < -0.39 is 37.9 Å². The Morgan fingerprint density at radius 3 is 2.26 bits per heavy atom. The number of thioether (sulfide) groups is 1. The number of benzene rings is 3. The van der Waals surface area contributed by atoms with Crippen LogP contribution in [0.1, 0.15) is 30.7 Å². The van der Waals surface area contributed by atoms with Gasteiger partial charge in [-0.15, -0.1) is 0 Å². The summed E-state index contributed by atoms with van der Waals surface area (Å²) in [5.74, 6) is -2.40. The summed E-state index contributed by atoms with van der Waals surface area (Å²) in [6.45, 7) is 3.89. The molecule has 3 aromatic carbocycles. The number of rotatable bonds is 8. The maximum Gasteiger partial charge on any atom is 0.294 e. The van der Waals surface area contributed by atoms with Crippen LogP contribution < -0.4 is 4.74 Å². The van der Waals surface area contributed by atoms with Gasteiger partial charge in [0, 0.05) is 22.3 Å². The fourth-order valence-electron chi connectivity index (χ4n) is 3.89. The SMILES string of the molecule is COc1cc(C(C)(C)c2[nH]c(SCc3c(F)cc(S(=O)(=O)O)cc3F)nc2-c2ccc(F)cc2)ccc1Cl. The van der Waals surface area contributed by atoms with Crippen molar-refractivity contribution in [2.75, 3.05) is 7.11 Å². The third kappa shape index (κ3) is 5.70. The van der Waals surface area contributed by atoms with Gasteiger partial charge in [0.2, 0.25) is 0 Å². The summed E-state index contributed by atoms with van der Waals surface area (Å²) in [5, 5.41) is 0.765. The molecule has 0 aliphatic carbocycles. The van der Waals surface area contributed by atoms with E-state index in [1.807, 2.05) is 19.9 Å². The Hall–Kier alpha value is -2.99. The van der Waals surface area contributed by atoms with Crippen molar-refractivity contribution >= 4 is 33.5 Å². The summed E-state index contributed by atoms with van der Waals surface area (Å²) in [4.78, 5) is 7.00. The van der Waals surface area contributed by atoms with Crippen LogP contribution in [-0.2, 0) is 21.3 Å². The highest BCUT2D eigenvalue weighted by atomic mass is 35.5. The van der Waals surface area contributed by atoms with Crippen molar-refractivity contribution in [3.63, 3.8) is 0 Å². The zero-order chi connectivity index (χ0) is 27.8. The van der Waals surface area contributed by atoms with E-state index in [2.05, 4.69) is 9.97 Å². The summed E-state index contributed by atoms with van der Waals surface area (Å²) in [6, 6.07) is 12.2. The van der Waals surface area contributed by atoms with Crippen molar-refractivity contribution in [3.8, 4) is 17.0 Å². The largest absolute Gasteiger partial charge is 0.495 e. The minimum atomic E-state index is -4.77. The highest BCUT2D eigenvalue weighted by Gasteiger charge is 2.31. The number of ether oxygens (including phenoxy) is 1. The molecule has 200 valence electrons. The number of H-pyrrole nitrogens is 1. The van der Waals surface area contributed by atoms with E-state index in [0.29, 0.717) is 45.0 Å². The van der Waals surface area contributed by atoms with Gasteiger partial charge in [-0.2, -0.15) is 8.42 Å². The van der Waals surface area contributed by atoms with Gasteiger partial charge in [0.1, 0.15) is 23.2 Å². The molecule has 0 aliphatic heterocycles. The van der Waals surface area contributed by atoms with Crippen LogP contribution in [0.25, 0.3) is 11.3 Å². The summed E-state index contributed by atoms with van der Waals surface area (Å²) >= 11 is 7.20. The van der Waals surface area contributed by atoms with Gasteiger partial charge in [-0.3, -0.25) is 4.55 Å². The first-order valence-corrected chi connectivity index (χ1v) is 13.9. The van der Waals surface area contributed by atoms with Crippen LogP contribution in [0.5, 0.6) is 5.75 Å². The topological polar surface area (TPSA) is 92.3 Å². The van der Waals surface area contributed by atoms with Crippen molar-refractivity contribution in [2.45, 2.75) is 35.1 Å². The Balaban J connectivity index is 1.75. The van der Waals surface area contributed by atoms with E-state index in [1.54, 1.807) is 24.3 Å². The van der Waals surface area contributed by atoms with E-state index in [9.17, 15) is 21.6 Å². The Labute approximate surface area is 227 Å². The molecular formula is C26H22ClF3N2O4S2. The zero-order valence-electron chi connectivity index (χ0n) is 20.4. The lowest BCUT2D eigenvalue weighted by Crippen LogP contribution is -2.20. The smallest absolute Gasteiger partial charge is 0.294 e. The Morgan fingerprint density at radius 2 is 1.68 bits per heavy atom. The molecule has 0 saturated heterocycles. The summed E-state index contributed by atoms with van der Waals surface area (Å²) in [5.41, 5.74) is 1.53. The number of methoxy groups -OCH3 is 1. The number of aromatic amines is 1. The quantitative estimate of drug-likeness (QED) is 0.171. The summed E-state index contributed by atoms with van der Waals surface area (Å²) in [6.07, 6.45) is 0. The molecule has 0 fully saturated rings. The van der Waals surface area contributed by atoms with Crippen molar-refractivity contribution in [1.29, 1.82) is 0 Å². The van der Waals surface area contributed by atoms with Crippen molar-refractivity contribution < 1.29 is 30.9 Å². The molecule has 0 unspecified atom stereocenters. The molecule has 38 heavy (non-hydrogen) atoms. The molecule has 4 aromatic rings. The van der Waals surface area contributed by atoms with Gasteiger partial charge in [0.05, 0.1) is 28.4 Å². The first-order chi connectivity index (χ1) is 17.8. The van der Waals surface area contributed by atoms with Crippen molar-refractivity contribution in [2.24, 2.45) is 0 Å². The lowest BCUT2D eigenvalue weighted by Gasteiger charge is -2.26. The van der Waals surface area contributed by atoms with Crippen molar-refractivity contribution in [3.05, 3.63) is 93.9 Å². The van der Waals surface area contributed by atoms with E-state index in [0.717, 1.165) is 17.3 Å². The van der Waals surface area contributed by atoms with Gasteiger partial charge in [-0.05, 0) is 54.1 Å². The van der Waals surface area contributed by atoms with Crippen LogP contribution in [0.15, 0.2) is 64.6 Å².